The molecule has 136 valence electrons. The maximum absolute atomic E-state index is 12.8. The molecule has 0 aliphatic rings. The third-order valence-electron chi connectivity index (χ3n) is 4.11. The Bertz CT molecular complexity index is 1130. The molecule has 0 unspecified atom stereocenters. The minimum Gasteiger partial charge on any atom is -0.502 e. The summed E-state index contributed by atoms with van der Waals surface area (Å²) in [6, 6.07) is 11.6. The van der Waals surface area contributed by atoms with Gasteiger partial charge in [-0.1, -0.05) is 18.2 Å². The van der Waals surface area contributed by atoms with Crippen LogP contribution in [0.4, 0.5) is 5.69 Å². The zero-order valence-corrected chi connectivity index (χ0v) is 14.1. The smallest absolute Gasteiger partial charge is 0.352 e. The molecule has 8 nitrogen and oxygen atoms in total. The van der Waals surface area contributed by atoms with Crippen molar-refractivity contribution in [2.45, 2.75) is 6.92 Å². The Morgan fingerprint density at radius 2 is 1.78 bits per heavy atom. The fourth-order valence-corrected chi connectivity index (χ4v) is 2.73. The Kier molecular flexibility index (Phi) is 4.47. The quantitative estimate of drug-likeness (QED) is 0.416. The van der Waals surface area contributed by atoms with Gasteiger partial charge < -0.3 is 10.2 Å². The Hall–Kier alpha value is -3.94. The van der Waals surface area contributed by atoms with E-state index < -0.39 is 27.9 Å². The average Bonchev–Trinajstić information content (AvgIpc) is 2.62. The van der Waals surface area contributed by atoms with Crippen LogP contribution in [0.3, 0.4) is 0 Å². The van der Waals surface area contributed by atoms with Crippen LogP contribution in [-0.4, -0.2) is 25.5 Å². The molecule has 0 amide bonds. The van der Waals surface area contributed by atoms with Crippen molar-refractivity contribution in [2.24, 2.45) is 0 Å². The number of nitro benzene ring substituents is 1. The van der Waals surface area contributed by atoms with Crippen molar-refractivity contribution in [2.75, 3.05) is 0 Å². The second kappa shape index (κ2) is 6.75. The largest absolute Gasteiger partial charge is 0.502 e. The lowest BCUT2D eigenvalue weighted by Gasteiger charge is -2.11. The summed E-state index contributed by atoms with van der Waals surface area (Å²) in [5.74, 6) is -2.41. The van der Waals surface area contributed by atoms with Crippen molar-refractivity contribution in [1.82, 2.24) is 4.57 Å². The highest BCUT2D eigenvalue weighted by molar-refractivity contribution is 6.11. The van der Waals surface area contributed by atoms with Gasteiger partial charge in [-0.15, -0.1) is 0 Å². The predicted molar refractivity (Wildman–Crippen MR) is 96.6 cm³/mol. The molecule has 3 aromatic rings. The summed E-state index contributed by atoms with van der Waals surface area (Å²) in [6.07, 6.45) is 1.31. The predicted octanol–water partition coefficient (Wildman–Crippen LogP) is 2.70. The lowest BCUT2D eigenvalue weighted by molar-refractivity contribution is -0.386. The van der Waals surface area contributed by atoms with Gasteiger partial charge in [0, 0.05) is 17.8 Å². The SMILES string of the molecule is Cc1ccccc1-n1cc(C(=O)c2ccc(O)c([N+](=O)[O-])c2O)ccc1=O. The van der Waals surface area contributed by atoms with Crippen LogP contribution in [0.1, 0.15) is 21.5 Å². The van der Waals surface area contributed by atoms with Gasteiger partial charge in [0.25, 0.3) is 5.56 Å². The molecule has 2 N–H and O–H groups in total. The zero-order chi connectivity index (χ0) is 19.7. The van der Waals surface area contributed by atoms with Crippen molar-refractivity contribution in [3.63, 3.8) is 0 Å². The second-order valence-electron chi connectivity index (χ2n) is 5.83. The maximum atomic E-state index is 12.8. The van der Waals surface area contributed by atoms with Crippen LogP contribution >= 0.6 is 0 Å². The van der Waals surface area contributed by atoms with Crippen molar-refractivity contribution in [1.29, 1.82) is 0 Å². The molecule has 0 radical (unpaired) electrons. The number of phenols is 2. The van der Waals surface area contributed by atoms with E-state index in [1.807, 2.05) is 19.1 Å². The fraction of sp³-hybridized carbons (Fsp3) is 0.0526. The number of nitrogens with zero attached hydrogens (tertiary/aromatic N) is 2. The summed E-state index contributed by atoms with van der Waals surface area (Å²) in [6.45, 7) is 1.81. The normalized spacial score (nSPS) is 10.6. The van der Waals surface area contributed by atoms with E-state index in [0.717, 1.165) is 17.7 Å². The molecule has 0 atom stereocenters. The Labute approximate surface area is 152 Å². The molecule has 0 saturated heterocycles. The molecule has 3 rings (SSSR count). The first-order chi connectivity index (χ1) is 12.8. The minimum absolute atomic E-state index is 0.0492. The molecule has 0 aliphatic carbocycles. The summed E-state index contributed by atoms with van der Waals surface area (Å²) in [7, 11) is 0. The highest BCUT2D eigenvalue weighted by atomic mass is 16.6. The molecule has 1 heterocycles. The summed E-state index contributed by atoms with van der Waals surface area (Å²) in [5.41, 5.74) is -0.220. The van der Waals surface area contributed by atoms with Crippen LogP contribution in [0.5, 0.6) is 11.5 Å². The number of ketones is 1. The minimum atomic E-state index is -0.976. The van der Waals surface area contributed by atoms with Crippen LogP contribution in [0, 0.1) is 17.0 Å². The van der Waals surface area contributed by atoms with Gasteiger partial charge >= 0.3 is 5.69 Å². The van der Waals surface area contributed by atoms with Gasteiger partial charge in [-0.05, 0) is 36.8 Å². The number of rotatable bonds is 4. The number of hydrogen-bond acceptors (Lipinski definition) is 6. The van der Waals surface area contributed by atoms with E-state index in [-0.39, 0.29) is 16.7 Å². The highest BCUT2D eigenvalue weighted by Crippen LogP contribution is 2.38. The summed E-state index contributed by atoms with van der Waals surface area (Å²) in [4.78, 5) is 35.0. The highest BCUT2D eigenvalue weighted by Gasteiger charge is 2.26. The first-order valence-electron chi connectivity index (χ1n) is 7.84. The lowest BCUT2D eigenvalue weighted by Crippen LogP contribution is -2.19. The number of carbonyl (C=O) groups is 1. The molecular formula is C19H14N2O6. The average molecular weight is 366 g/mol. The number of pyridine rings is 1. The van der Waals surface area contributed by atoms with Crippen molar-refractivity contribution in [3.05, 3.63) is 91.9 Å². The van der Waals surface area contributed by atoms with E-state index in [1.165, 1.54) is 22.9 Å². The number of aromatic hydroxyl groups is 2. The van der Waals surface area contributed by atoms with E-state index >= 15 is 0 Å². The maximum Gasteiger partial charge on any atom is 0.352 e. The van der Waals surface area contributed by atoms with Gasteiger partial charge in [-0.3, -0.25) is 24.3 Å². The topological polar surface area (TPSA) is 123 Å². The van der Waals surface area contributed by atoms with Gasteiger partial charge in [-0.25, -0.2) is 0 Å². The van der Waals surface area contributed by atoms with E-state index in [0.29, 0.717) is 5.69 Å². The lowest BCUT2D eigenvalue weighted by atomic mass is 10.0. The molecule has 0 bridgehead atoms. The number of carbonyl (C=O) groups excluding carboxylic acids is 1. The molecule has 0 aliphatic heterocycles. The van der Waals surface area contributed by atoms with Crippen molar-refractivity contribution < 1.29 is 19.9 Å². The molecular weight excluding hydrogens is 352 g/mol. The second-order valence-corrected chi connectivity index (χ2v) is 5.83. The van der Waals surface area contributed by atoms with Crippen LogP contribution in [-0.2, 0) is 0 Å². The summed E-state index contributed by atoms with van der Waals surface area (Å²) >= 11 is 0. The fourth-order valence-electron chi connectivity index (χ4n) is 2.73. The Balaban J connectivity index is 2.14. The van der Waals surface area contributed by atoms with Gasteiger partial charge in [0.1, 0.15) is 0 Å². The Morgan fingerprint density at radius 1 is 1.07 bits per heavy atom. The van der Waals surface area contributed by atoms with E-state index in [2.05, 4.69) is 0 Å². The van der Waals surface area contributed by atoms with E-state index in [4.69, 9.17) is 0 Å². The van der Waals surface area contributed by atoms with Gasteiger partial charge in [0.05, 0.1) is 16.2 Å². The van der Waals surface area contributed by atoms with Crippen molar-refractivity contribution in [3.8, 4) is 17.2 Å². The number of benzene rings is 2. The third-order valence-corrected chi connectivity index (χ3v) is 4.11. The molecule has 0 fully saturated rings. The zero-order valence-electron chi connectivity index (χ0n) is 14.1. The monoisotopic (exact) mass is 366 g/mol. The number of aromatic nitrogens is 1. The van der Waals surface area contributed by atoms with Crippen LogP contribution in [0.25, 0.3) is 5.69 Å². The van der Waals surface area contributed by atoms with Crippen molar-refractivity contribution >= 4 is 11.5 Å². The van der Waals surface area contributed by atoms with E-state index in [1.54, 1.807) is 12.1 Å². The molecule has 2 aromatic carbocycles. The molecule has 0 spiro atoms. The number of aryl methyl sites for hydroxylation is 1. The van der Waals surface area contributed by atoms with Gasteiger partial charge in [0.15, 0.2) is 11.5 Å². The summed E-state index contributed by atoms with van der Waals surface area (Å²) in [5, 5.41) is 30.6. The standard InChI is InChI=1S/C19H14N2O6/c1-11-4-2-3-5-14(11)20-10-12(6-9-16(20)23)18(24)13-7-8-15(22)17(19(13)25)21(26)27/h2-10,22,25H,1H3. The molecule has 1 aromatic heterocycles. The van der Waals surface area contributed by atoms with Gasteiger partial charge in [-0.2, -0.15) is 0 Å². The third kappa shape index (κ3) is 3.15. The van der Waals surface area contributed by atoms with Crippen LogP contribution < -0.4 is 5.56 Å². The molecule has 27 heavy (non-hydrogen) atoms. The number of nitro groups is 1. The van der Waals surface area contributed by atoms with E-state index in [9.17, 15) is 29.9 Å². The molecule has 8 heteroatoms. The summed E-state index contributed by atoms with van der Waals surface area (Å²) < 4.78 is 1.29. The first kappa shape index (κ1) is 17.9. The van der Waals surface area contributed by atoms with Gasteiger partial charge in [0.2, 0.25) is 5.75 Å². The Morgan fingerprint density at radius 3 is 2.44 bits per heavy atom. The van der Waals surface area contributed by atoms with Crippen LogP contribution in [0.15, 0.2) is 59.5 Å². The number of phenolic OH excluding ortho intramolecular Hbond substituents is 2. The number of para-hydroxylation sites is 1. The molecule has 0 saturated carbocycles. The number of hydrogen-bond donors (Lipinski definition) is 2. The first-order valence-corrected chi connectivity index (χ1v) is 7.84. The van der Waals surface area contributed by atoms with Crippen LogP contribution in [0.2, 0.25) is 0 Å².